The number of nitrogen functional groups attached to an aromatic ring is 1. The Morgan fingerprint density at radius 2 is 1.18 bits per heavy atom. The molecule has 0 spiro atoms. The van der Waals surface area contributed by atoms with Crippen molar-refractivity contribution in [3.63, 3.8) is 0 Å². The number of hydrogen-bond donors (Lipinski definition) is 1. The Hall–Kier alpha value is -4.32. The summed E-state index contributed by atoms with van der Waals surface area (Å²) < 4.78 is 0. The molecule has 4 aromatic rings. The van der Waals surface area contributed by atoms with Crippen LogP contribution >= 0.6 is 0 Å². The molecule has 0 unspecified atom stereocenters. The van der Waals surface area contributed by atoms with Crippen LogP contribution in [0.4, 0.5) is 22.7 Å². The summed E-state index contributed by atoms with van der Waals surface area (Å²) in [5.41, 5.74) is 14.5. The van der Waals surface area contributed by atoms with Crippen LogP contribution in [0.15, 0.2) is 97.1 Å². The van der Waals surface area contributed by atoms with Gasteiger partial charge in [0, 0.05) is 55.4 Å². The van der Waals surface area contributed by atoms with Gasteiger partial charge in [-0.3, -0.25) is 10.1 Å². The van der Waals surface area contributed by atoms with Crippen LogP contribution in [0.1, 0.15) is 35.1 Å². The molecule has 2 N–H and O–H groups in total. The molecule has 6 nitrogen and oxygen atoms in total. The monoisotopic (exact) mass is 506 g/mol. The van der Waals surface area contributed by atoms with Crippen LogP contribution in [0.2, 0.25) is 0 Å². The molecular weight excluding hydrogens is 472 g/mol. The lowest BCUT2D eigenvalue weighted by atomic mass is 10.0. The van der Waals surface area contributed by atoms with Crippen molar-refractivity contribution in [2.24, 2.45) is 0 Å². The van der Waals surface area contributed by atoms with Crippen LogP contribution in [0, 0.1) is 10.1 Å². The molecule has 0 saturated carbocycles. The van der Waals surface area contributed by atoms with Gasteiger partial charge < -0.3 is 15.5 Å². The number of benzene rings is 4. The van der Waals surface area contributed by atoms with Crippen molar-refractivity contribution in [2.45, 2.75) is 38.8 Å². The maximum atomic E-state index is 10.9. The summed E-state index contributed by atoms with van der Waals surface area (Å²) in [7, 11) is 0. The number of non-ortho nitro benzene ring substituents is 1. The molecular formula is C32H34N4O2. The molecule has 2 heterocycles. The number of anilines is 3. The predicted octanol–water partition coefficient (Wildman–Crippen LogP) is 6.77. The molecule has 0 fully saturated rings. The molecule has 0 saturated heterocycles. The van der Waals surface area contributed by atoms with E-state index in [0.29, 0.717) is 0 Å². The number of nitro benzene ring substituents is 1. The molecule has 2 aliphatic heterocycles. The fraction of sp³-hybridized carbons (Fsp3) is 0.250. The fourth-order valence-electron chi connectivity index (χ4n) is 5.41. The van der Waals surface area contributed by atoms with E-state index >= 15 is 0 Å². The van der Waals surface area contributed by atoms with Crippen molar-refractivity contribution in [3.05, 3.63) is 129 Å². The van der Waals surface area contributed by atoms with Gasteiger partial charge in [-0.25, -0.2) is 0 Å². The minimum atomic E-state index is -0.323. The highest BCUT2D eigenvalue weighted by atomic mass is 16.6. The lowest BCUT2D eigenvalue weighted by molar-refractivity contribution is -0.384. The first-order valence-corrected chi connectivity index (χ1v) is 13.3. The molecule has 38 heavy (non-hydrogen) atoms. The molecule has 4 aromatic carbocycles. The van der Waals surface area contributed by atoms with Crippen LogP contribution in [0.5, 0.6) is 0 Å². The second-order valence-corrected chi connectivity index (χ2v) is 9.98. The Bertz CT molecular complexity index is 1380. The molecule has 0 radical (unpaired) electrons. The molecule has 0 bridgehead atoms. The van der Waals surface area contributed by atoms with Gasteiger partial charge >= 0.3 is 0 Å². The van der Waals surface area contributed by atoms with E-state index in [4.69, 9.17) is 5.73 Å². The highest BCUT2D eigenvalue weighted by molar-refractivity contribution is 5.61. The van der Waals surface area contributed by atoms with Gasteiger partial charge in [-0.2, -0.15) is 0 Å². The van der Waals surface area contributed by atoms with E-state index in [0.717, 1.165) is 62.4 Å². The summed E-state index contributed by atoms with van der Waals surface area (Å²) in [4.78, 5) is 15.3. The Morgan fingerprint density at radius 3 is 1.71 bits per heavy atom. The zero-order chi connectivity index (χ0) is 26.3. The van der Waals surface area contributed by atoms with E-state index in [1.165, 1.54) is 28.8 Å². The largest absolute Gasteiger partial charge is 0.399 e. The Morgan fingerprint density at radius 1 is 0.684 bits per heavy atom. The van der Waals surface area contributed by atoms with E-state index in [1.54, 1.807) is 12.1 Å². The van der Waals surface area contributed by atoms with E-state index in [1.807, 2.05) is 30.3 Å². The molecule has 6 heteroatoms. The first kappa shape index (κ1) is 25.3. The Kier molecular flexibility index (Phi) is 7.88. The zero-order valence-electron chi connectivity index (χ0n) is 21.6. The highest BCUT2D eigenvalue weighted by Gasteiger charge is 2.20. The first-order chi connectivity index (χ1) is 18.6. The van der Waals surface area contributed by atoms with Crippen LogP contribution in [-0.4, -0.2) is 18.0 Å². The van der Waals surface area contributed by atoms with Gasteiger partial charge in [0.05, 0.1) is 4.92 Å². The number of fused-ring (bicyclic) bond motifs is 2. The van der Waals surface area contributed by atoms with Gasteiger partial charge in [-0.1, -0.05) is 60.7 Å². The highest BCUT2D eigenvalue weighted by Crippen LogP contribution is 2.32. The van der Waals surface area contributed by atoms with Crippen molar-refractivity contribution in [2.75, 3.05) is 28.6 Å². The first-order valence-electron chi connectivity index (χ1n) is 13.3. The Balaban J connectivity index is 0.000000156. The van der Waals surface area contributed by atoms with Gasteiger partial charge in [0.25, 0.3) is 5.69 Å². The van der Waals surface area contributed by atoms with Crippen molar-refractivity contribution in [3.8, 4) is 0 Å². The van der Waals surface area contributed by atoms with Gasteiger partial charge in [-0.05, 0) is 72.2 Å². The number of nitrogens with two attached hydrogens (primary N) is 1. The Labute approximate surface area is 224 Å². The number of rotatable bonds is 5. The lowest BCUT2D eigenvalue weighted by Gasteiger charge is -2.31. The van der Waals surface area contributed by atoms with Crippen molar-refractivity contribution in [1.29, 1.82) is 0 Å². The zero-order valence-corrected chi connectivity index (χ0v) is 21.6. The van der Waals surface area contributed by atoms with Gasteiger partial charge in [0.1, 0.15) is 0 Å². The molecule has 0 atom stereocenters. The van der Waals surface area contributed by atoms with Gasteiger partial charge in [-0.15, -0.1) is 0 Å². The van der Waals surface area contributed by atoms with E-state index in [2.05, 4.69) is 64.4 Å². The summed E-state index contributed by atoms with van der Waals surface area (Å²) in [5.74, 6) is 0. The average molecular weight is 507 g/mol. The van der Waals surface area contributed by atoms with Crippen molar-refractivity contribution < 1.29 is 4.92 Å². The second kappa shape index (κ2) is 11.8. The summed E-state index contributed by atoms with van der Waals surface area (Å²) in [6, 6.07) is 32.4. The molecule has 0 aliphatic carbocycles. The topological polar surface area (TPSA) is 75.6 Å². The third-order valence-electron chi connectivity index (χ3n) is 7.24. The quantitative estimate of drug-likeness (QED) is 0.184. The molecule has 0 aromatic heterocycles. The maximum absolute atomic E-state index is 10.9. The lowest BCUT2D eigenvalue weighted by Crippen LogP contribution is -2.28. The molecule has 6 rings (SSSR count). The second-order valence-electron chi connectivity index (χ2n) is 9.98. The van der Waals surface area contributed by atoms with Crippen LogP contribution in [-0.2, 0) is 25.9 Å². The van der Waals surface area contributed by atoms with E-state index < -0.39 is 0 Å². The van der Waals surface area contributed by atoms with Crippen LogP contribution in [0.3, 0.4) is 0 Å². The normalized spacial score (nSPS) is 14.1. The average Bonchev–Trinajstić information content (AvgIpc) is 2.94. The number of hydrogen-bond acceptors (Lipinski definition) is 5. The summed E-state index contributed by atoms with van der Waals surface area (Å²) >= 11 is 0. The molecule has 0 amide bonds. The minimum absolute atomic E-state index is 0.185. The maximum Gasteiger partial charge on any atom is 0.269 e. The third kappa shape index (κ3) is 6.14. The van der Waals surface area contributed by atoms with E-state index in [-0.39, 0.29) is 10.6 Å². The van der Waals surface area contributed by atoms with Crippen LogP contribution < -0.4 is 15.5 Å². The fourth-order valence-corrected chi connectivity index (χ4v) is 5.41. The predicted molar refractivity (Wildman–Crippen MR) is 156 cm³/mol. The number of nitrogens with zero attached hydrogens (tertiary/aromatic N) is 3. The molecule has 194 valence electrons. The van der Waals surface area contributed by atoms with Crippen LogP contribution in [0.25, 0.3) is 0 Å². The smallest absolute Gasteiger partial charge is 0.269 e. The van der Waals surface area contributed by atoms with Gasteiger partial charge in [0.2, 0.25) is 0 Å². The minimum Gasteiger partial charge on any atom is -0.399 e. The standard InChI is InChI=1S/C16H16N2O2.C16H18N2/c19-18(20)15-8-9-16-14(11-15)7-4-10-17(16)12-13-5-2-1-3-6-13;17-15-8-9-16-14(11-15)7-4-10-18(16)12-13-5-2-1-3-6-13/h1-3,5-6,8-9,11H,4,7,10,12H2;1-3,5-6,8-9,11H,4,7,10,12,17H2. The van der Waals surface area contributed by atoms with Gasteiger partial charge in [0.15, 0.2) is 0 Å². The summed E-state index contributed by atoms with van der Waals surface area (Å²) in [5, 5.41) is 10.9. The van der Waals surface area contributed by atoms with Crippen molar-refractivity contribution in [1.82, 2.24) is 0 Å². The third-order valence-corrected chi connectivity index (χ3v) is 7.24. The number of aryl methyl sites for hydroxylation is 2. The summed E-state index contributed by atoms with van der Waals surface area (Å²) in [6.07, 6.45) is 4.32. The van der Waals surface area contributed by atoms with E-state index in [9.17, 15) is 10.1 Å². The SMILES string of the molecule is Nc1ccc2c(c1)CCCN2Cc1ccccc1.O=[N+]([O-])c1ccc2c(c1)CCCN2Cc1ccccc1. The molecule has 2 aliphatic rings. The van der Waals surface area contributed by atoms with Crippen molar-refractivity contribution >= 4 is 22.7 Å². The number of nitro groups is 1. The summed E-state index contributed by atoms with van der Waals surface area (Å²) in [6.45, 7) is 3.97.